The molecule has 2 aliphatic heterocycles. The van der Waals surface area contributed by atoms with Gasteiger partial charge >= 0.3 is 5.97 Å². The van der Waals surface area contributed by atoms with E-state index in [1.54, 1.807) is 0 Å². The van der Waals surface area contributed by atoms with Crippen molar-refractivity contribution in [2.75, 3.05) is 29.9 Å². The molecule has 0 N–H and O–H groups in total. The van der Waals surface area contributed by atoms with Gasteiger partial charge in [0.2, 0.25) is 0 Å². The lowest BCUT2D eigenvalue weighted by atomic mass is 9.77. The summed E-state index contributed by atoms with van der Waals surface area (Å²) in [4.78, 5) is 17.5. The van der Waals surface area contributed by atoms with Crippen LogP contribution in [-0.4, -0.2) is 26.1 Å². The van der Waals surface area contributed by atoms with Gasteiger partial charge in [0.15, 0.2) is 5.60 Å². The van der Waals surface area contributed by atoms with Gasteiger partial charge in [0.05, 0.1) is 5.56 Å². The average Bonchev–Trinajstić information content (AvgIpc) is 3.22. The lowest BCUT2D eigenvalue weighted by Gasteiger charge is -2.38. The van der Waals surface area contributed by atoms with Crippen LogP contribution in [0.2, 0.25) is 5.02 Å². The van der Waals surface area contributed by atoms with Crippen LogP contribution in [0.25, 0.3) is 0 Å². The molecule has 1 atom stereocenters. The van der Waals surface area contributed by atoms with Crippen molar-refractivity contribution in [1.29, 1.82) is 0 Å². The highest BCUT2D eigenvalue weighted by Crippen LogP contribution is 2.57. The molecule has 0 amide bonds. The quantitative estimate of drug-likeness (QED) is 0.260. The van der Waals surface area contributed by atoms with Gasteiger partial charge in [-0.1, -0.05) is 29.8 Å². The smallest absolute Gasteiger partial charge is 0.340 e. The lowest BCUT2D eigenvalue weighted by molar-refractivity contribution is 0.0224. The second-order valence-corrected chi connectivity index (χ2v) is 9.72. The Bertz CT molecular complexity index is 1510. The normalized spacial score (nSPS) is 16.9. The van der Waals surface area contributed by atoms with Crippen LogP contribution in [0.1, 0.15) is 40.9 Å². The monoisotopic (exact) mass is 510 g/mol. The Morgan fingerprint density at radius 3 is 2.22 bits per heavy atom. The van der Waals surface area contributed by atoms with Crippen LogP contribution < -0.4 is 14.5 Å². The number of benzene rings is 4. The molecule has 0 radical (unpaired) electrons. The van der Waals surface area contributed by atoms with Gasteiger partial charge in [0, 0.05) is 65.0 Å². The molecule has 2 heterocycles. The van der Waals surface area contributed by atoms with E-state index < -0.39 is 5.60 Å². The fraction of sp³-hybridized carbons (Fsp3) is 0.194. The highest BCUT2D eigenvalue weighted by Gasteiger charge is 2.53. The van der Waals surface area contributed by atoms with E-state index in [9.17, 15) is 4.79 Å². The molecular formula is C31H27ClN2O3. The van der Waals surface area contributed by atoms with E-state index in [-0.39, 0.29) is 5.97 Å². The third-order valence-electron chi connectivity index (χ3n) is 7.41. The first-order valence-electron chi connectivity index (χ1n) is 12.5. The highest BCUT2D eigenvalue weighted by atomic mass is 35.5. The molecule has 0 bridgehead atoms. The van der Waals surface area contributed by atoms with Crippen molar-refractivity contribution < 1.29 is 14.3 Å². The Balaban J connectivity index is 1.56. The van der Waals surface area contributed by atoms with Gasteiger partial charge in [-0.3, -0.25) is 0 Å². The largest absolute Gasteiger partial charge is 0.456 e. The lowest BCUT2D eigenvalue weighted by Crippen LogP contribution is -2.33. The highest BCUT2D eigenvalue weighted by molar-refractivity contribution is 6.30. The van der Waals surface area contributed by atoms with Crippen molar-refractivity contribution in [2.24, 2.45) is 0 Å². The topological polar surface area (TPSA) is 42.0 Å². The molecule has 4 aromatic rings. The predicted octanol–water partition coefficient (Wildman–Crippen LogP) is 7.52. The van der Waals surface area contributed by atoms with E-state index >= 15 is 0 Å². The van der Waals surface area contributed by atoms with Gasteiger partial charge in [-0.2, -0.15) is 0 Å². The number of hydrogen-bond acceptors (Lipinski definition) is 5. The number of ether oxygens (including phenoxy) is 2. The van der Waals surface area contributed by atoms with Crippen molar-refractivity contribution in [3.8, 4) is 11.5 Å². The van der Waals surface area contributed by atoms with Crippen LogP contribution in [0, 0.1) is 0 Å². The summed E-state index contributed by atoms with van der Waals surface area (Å²) in [5.74, 6) is 1.03. The minimum atomic E-state index is -1.10. The molecule has 186 valence electrons. The van der Waals surface area contributed by atoms with Crippen LogP contribution >= 0.6 is 11.6 Å². The van der Waals surface area contributed by atoms with Crippen molar-refractivity contribution in [2.45, 2.75) is 19.4 Å². The van der Waals surface area contributed by atoms with Crippen LogP contribution in [0.5, 0.6) is 11.5 Å². The first kappa shape index (κ1) is 23.4. The Hall–Kier alpha value is -3.96. The van der Waals surface area contributed by atoms with Crippen molar-refractivity contribution in [3.63, 3.8) is 0 Å². The molecule has 0 aromatic heterocycles. The SMILES string of the molecule is CCN(CC)c1ccc2c(c1)Oc1ccc(N(C)c3ccc(Cl)cc3)cc1C21OC(=O)c2ccccc21. The number of esters is 1. The standard InChI is InChI=1S/C31H27ClN2O3/c1-4-34(5-2)23-14-16-26-29(19-23)36-28-17-15-22(33(3)21-12-10-20(32)11-13-21)18-27(28)31(26)25-9-7-6-8-24(25)30(35)37-31/h6-19H,4-5H2,1-3H3. The minimum absolute atomic E-state index is 0.335. The summed E-state index contributed by atoms with van der Waals surface area (Å²) in [5, 5.41) is 0.685. The van der Waals surface area contributed by atoms with E-state index in [0.29, 0.717) is 22.1 Å². The summed E-state index contributed by atoms with van der Waals surface area (Å²) < 4.78 is 12.9. The van der Waals surface area contributed by atoms with E-state index in [1.165, 1.54) is 0 Å². The Morgan fingerprint density at radius 1 is 0.757 bits per heavy atom. The maximum Gasteiger partial charge on any atom is 0.340 e. The Morgan fingerprint density at radius 2 is 1.46 bits per heavy atom. The number of carbonyl (C=O) groups is 1. The number of fused-ring (bicyclic) bond motifs is 6. The number of carbonyl (C=O) groups excluding carboxylic acids is 1. The van der Waals surface area contributed by atoms with Crippen molar-refractivity contribution in [3.05, 3.63) is 112 Å². The molecule has 0 saturated carbocycles. The summed E-state index contributed by atoms with van der Waals surface area (Å²) in [5.41, 5.74) is 4.91. The second kappa shape index (κ2) is 8.86. The van der Waals surface area contributed by atoms with Gasteiger partial charge < -0.3 is 19.3 Å². The van der Waals surface area contributed by atoms with Crippen LogP contribution in [-0.2, 0) is 10.3 Å². The van der Waals surface area contributed by atoms with Crippen molar-refractivity contribution in [1.82, 2.24) is 0 Å². The molecule has 37 heavy (non-hydrogen) atoms. The van der Waals surface area contributed by atoms with Crippen LogP contribution in [0.4, 0.5) is 17.1 Å². The first-order valence-corrected chi connectivity index (χ1v) is 12.9. The molecule has 6 heteroatoms. The second-order valence-electron chi connectivity index (χ2n) is 9.29. The number of nitrogens with zero attached hydrogens (tertiary/aromatic N) is 2. The zero-order valence-electron chi connectivity index (χ0n) is 21.0. The number of rotatable bonds is 5. The van der Waals surface area contributed by atoms with E-state index in [4.69, 9.17) is 21.1 Å². The molecular weight excluding hydrogens is 484 g/mol. The fourth-order valence-electron chi connectivity index (χ4n) is 5.46. The summed E-state index contributed by atoms with van der Waals surface area (Å²) in [7, 11) is 2.00. The molecule has 1 unspecified atom stereocenters. The molecule has 4 aromatic carbocycles. The Kier molecular flexibility index (Phi) is 5.61. The maximum absolute atomic E-state index is 13.2. The molecule has 2 aliphatic rings. The molecule has 0 fully saturated rings. The van der Waals surface area contributed by atoms with Crippen LogP contribution in [0.3, 0.4) is 0 Å². The minimum Gasteiger partial charge on any atom is -0.456 e. The Labute approximate surface area is 221 Å². The van der Waals surface area contributed by atoms with Gasteiger partial charge in [-0.05, 0) is 74.5 Å². The summed E-state index contributed by atoms with van der Waals surface area (Å²) in [6.07, 6.45) is 0. The third kappa shape index (κ3) is 3.57. The van der Waals surface area contributed by atoms with Gasteiger partial charge in [0.1, 0.15) is 11.5 Å². The molecule has 5 nitrogen and oxygen atoms in total. The number of anilines is 3. The van der Waals surface area contributed by atoms with E-state index in [1.807, 2.05) is 73.8 Å². The molecule has 6 rings (SSSR count). The van der Waals surface area contributed by atoms with Gasteiger partial charge in [0.25, 0.3) is 0 Å². The van der Waals surface area contributed by atoms with Gasteiger partial charge in [-0.25, -0.2) is 4.79 Å². The maximum atomic E-state index is 13.2. The molecule has 0 aliphatic carbocycles. The number of halogens is 1. The zero-order chi connectivity index (χ0) is 25.7. The van der Waals surface area contributed by atoms with E-state index in [0.717, 1.165) is 46.8 Å². The molecule has 0 saturated heterocycles. The predicted molar refractivity (Wildman–Crippen MR) is 148 cm³/mol. The van der Waals surface area contributed by atoms with E-state index in [2.05, 4.69) is 41.8 Å². The zero-order valence-corrected chi connectivity index (χ0v) is 21.8. The summed E-state index contributed by atoms with van der Waals surface area (Å²) in [6, 6.07) is 27.5. The first-order chi connectivity index (χ1) is 18.0. The third-order valence-corrected chi connectivity index (χ3v) is 7.66. The summed E-state index contributed by atoms with van der Waals surface area (Å²) >= 11 is 6.11. The van der Waals surface area contributed by atoms with Gasteiger partial charge in [-0.15, -0.1) is 0 Å². The molecule has 1 spiro atoms. The van der Waals surface area contributed by atoms with Crippen molar-refractivity contribution >= 4 is 34.6 Å². The van der Waals surface area contributed by atoms with Crippen LogP contribution in [0.15, 0.2) is 84.9 Å². The summed E-state index contributed by atoms with van der Waals surface area (Å²) in [6.45, 7) is 6.03. The average molecular weight is 511 g/mol. The fourth-order valence-corrected chi connectivity index (χ4v) is 5.58. The number of hydrogen-bond donors (Lipinski definition) is 0.